The minimum absolute atomic E-state index is 0.263. The summed E-state index contributed by atoms with van der Waals surface area (Å²) in [6.07, 6.45) is 20.4. The van der Waals surface area contributed by atoms with Crippen molar-refractivity contribution in [2.45, 2.75) is 174 Å². The van der Waals surface area contributed by atoms with E-state index in [0.717, 1.165) is 38.3 Å². The highest BCUT2D eigenvalue weighted by Gasteiger charge is 2.50. The number of fused-ring (bicyclic) bond motifs is 4. The van der Waals surface area contributed by atoms with E-state index >= 15 is 0 Å². The van der Waals surface area contributed by atoms with Gasteiger partial charge in [0.05, 0.1) is 38.3 Å². The van der Waals surface area contributed by atoms with Gasteiger partial charge in [0.2, 0.25) is 34.0 Å². The number of carbonyl (C=O) groups is 2. The van der Waals surface area contributed by atoms with Gasteiger partial charge in [-0.25, -0.2) is 18.0 Å². The monoisotopic (exact) mass is 986 g/mol. The van der Waals surface area contributed by atoms with E-state index in [0.29, 0.717) is 71.7 Å². The van der Waals surface area contributed by atoms with Crippen LogP contribution >= 0.6 is 0 Å². The van der Waals surface area contributed by atoms with E-state index in [1.165, 1.54) is 111 Å². The van der Waals surface area contributed by atoms with Gasteiger partial charge in [-0.2, -0.15) is 22.8 Å². The molecule has 6 fully saturated rings. The van der Waals surface area contributed by atoms with Crippen LogP contribution in [-0.4, -0.2) is 147 Å². The minimum atomic E-state index is -4.99. The Bertz CT molecular complexity index is 1930. The maximum absolute atomic E-state index is 12.4. The Balaban J connectivity index is 0.000000170. The fourth-order valence-electron chi connectivity index (χ4n) is 9.81. The summed E-state index contributed by atoms with van der Waals surface area (Å²) < 4.78 is 84.6. The van der Waals surface area contributed by atoms with Crippen molar-refractivity contribution in [3.8, 4) is 0 Å². The van der Waals surface area contributed by atoms with E-state index in [2.05, 4.69) is 62.0 Å². The number of amides is 4. The quantitative estimate of drug-likeness (QED) is 0.0690. The lowest BCUT2D eigenvalue weighted by Crippen LogP contribution is -2.50. The van der Waals surface area contributed by atoms with Crippen molar-refractivity contribution in [1.82, 2.24) is 45.6 Å². The third kappa shape index (κ3) is 14.7. The first-order valence-corrected chi connectivity index (χ1v) is 27.5. The number of aromatic nitrogens is 4. The number of hydroxylamine groups is 4. The molecule has 8 rings (SSSR count). The second kappa shape index (κ2) is 24.4. The first-order valence-electron chi connectivity index (χ1n) is 24.8. The van der Waals surface area contributed by atoms with Gasteiger partial charge in [0.25, 0.3) is 0 Å². The molecule has 0 aromatic carbocycles. The van der Waals surface area contributed by atoms with E-state index in [-0.39, 0.29) is 13.1 Å². The van der Waals surface area contributed by atoms with Gasteiger partial charge >= 0.3 is 22.5 Å². The zero-order valence-electron chi connectivity index (χ0n) is 39.8. The second-order valence-electron chi connectivity index (χ2n) is 19.1. The van der Waals surface area contributed by atoms with Gasteiger partial charge in [-0.15, -0.1) is 24.7 Å². The van der Waals surface area contributed by atoms with Gasteiger partial charge in [-0.1, -0.05) is 72.6 Å². The van der Waals surface area contributed by atoms with Crippen LogP contribution in [-0.2, 0) is 42.2 Å². The lowest BCUT2D eigenvalue weighted by atomic mass is 9.82. The van der Waals surface area contributed by atoms with Gasteiger partial charge in [-0.05, 0) is 89.1 Å². The lowest BCUT2D eigenvalue weighted by molar-refractivity contribution is -0.929. The van der Waals surface area contributed by atoms with Crippen LogP contribution in [0.4, 0.5) is 9.59 Å². The maximum atomic E-state index is 12.4. The molecule has 2 N–H and O–H groups in total. The molecule has 4 atom stereocenters. The number of rotatable bonds is 24. The van der Waals surface area contributed by atoms with Crippen molar-refractivity contribution in [1.29, 1.82) is 0 Å². The number of aryl methyl sites for hydroxylation is 2. The van der Waals surface area contributed by atoms with Gasteiger partial charge in [0, 0.05) is 25.9 Å². The van der Waals surface area contributed by atoms with E-state index in [4.69, 9.17) is 13.4 Å². The van der Waals surface area contributed by atoms with Gasteiger partial charge < -0.3 is 33.0 Å². The zero-order chi connectivity index (χ0) is 48.2. The average Bonchev–Trinajstić information content (AvgIpc) is 4.04. The number of carbonyl (C=O) groups excluding carboxylic acids is 2. The van der Waals surface area contributed by atoms with Crippen molar-refractivity contribution in [3.05, 3.63) is 23.6 Å². The van der Waals surface area contributed by atoms with E-state index in [1.54, 1.807) is 0 Å². The summed E-state index contributed by atoms with van der Waals surface area (Å²) in [5.41, 5.74) is 0. The Kier molecular flexibility index (Phi) is 19.2. The van der Waals surface area contributed by atoms with E-state index in [1.807, 2.05) is 0 Å². The van der Waals surface area contributed by atoms with Crippen LogP contribution in [0.15, 0.2) is 8.83 Å². The summed E-state index contributed by atoms with van der Waals surface area (Å²) in [5, 5.41) is 20.8. The second-order valence-corrected chi connectivity index (χ2v) is 21.1. The number of unbranched alkanes of at least 4 members (excludes halogenated alkanes) is 4. The molecule has 24 heteroatoms. The van der Waals surface area contributed by atoms with Crippen LogP contribution in [0.3, 0.4) is 0 Å². The van der Waals surface area contributed by atoms with Gasteiger partial charge in [0.15, 0.2) is 0 Å². The summed E-state index contributed by atoms with van der Waals surface area (Å²) >= 11 is 0. The minimum Gasteiger partial charge on any atom is -0.724 e. The van der Waals surface area contributed by atoms with E-state index in [9.17, 15) is 31.0 Å². The molecule has 5 aliphatic heterocycles. The van der Waals surface area contributed by atoms with Gasteiger partial charge in [0.1, 0.15) is 12.1 Å². The summed E-state index contributed by atoms with van der Waals surface area (Å²) in [7, 11) is -9.74. The fourth-order valence-corrected chi connectivity index (χ4v) is 10.6. The lowest BCUT2D eigenvalue weighted by Gasteiger charge is -2.39. The van der Waals surface area contributed by atoms with E-state index < -0.39 is 57.0 Å². The summed E-state index contributed by atoms with van der Waals surface area (Å²) in [6, 6.07) is -3.03. The molecular weight excluding hydrogens is 913 g/mol. The zero-order valence-corrected chi connectivity index (χ0v) is 41.5. The smallest absolute Gasteiger partial charge is 0.418 e. The Labute approximate surface area is 396 Å². The standard InChI is InChI=1S/C16H36N.C14H20N4O6S.C13H19N5O6S/c1-5-9-13-17(14-10-6-2,15-11-7-3)16-12-8-4;19-14-17-8-10(18(14)24-25(20,21)22)5-6-11(17)13-16-15-12(23-13)7-4-9-2-1-3-9;19-13-17-7-9(18(13)24-25(20,21)22)2-3-10(17)12-16-15-11(23-12)4-1-8-5-14-6-8/h5-16H2,1-4H3;9-11H,1-8H2,(H,20,21,22);8-10,14H,1-7H2,(H,20,21,22)/q+1;;/p-1/t;10-,11+;9-,10+/m.11/s1. The summed E-state index contributed by atoms with van der Waals surface area (Å²) in [5.74, 6) is 3.18. The molecule has 380 valence electrons. The highest BCUT2D eigenvalue weighted by atomic mass is 32.3. The molecule has 1 saturated carbocycles. The predicted molar refractivity (Wildman–Crippen MR) is 241 cm³/mol. The highest BCUT2D eigenvalue weighted by Crippen LogP contribution is 2.40. The number of hydrogen-bond acceptors (Lipinski definition) is 16. The van der Waals surface area contributed by atoms with Crippen molar-refractivity contribution in [3.63, 3.8) is 0 Å². The van der Waals surface area contributed by atoms with Crippen LogP contribution in [0.25, 0.3) is 0 Å². The van der Waals surface area contributed by atoms with Crippen LogP contribution in [0.2, 0.25) is 0 Å². The number of quaternary nitrogens is 1. The Morgan fingerprint density at radius 2 is 1.09 bits per heavy atom. The van der Waals surface area contributed by atoms with Crippen molar-refractivity contribution in [2.24, 2.45) is 11.8 Å². The Morgan fingerprint density at radius 3 is 1.45 bits per heavy atom. The highest BCUT2D eigenvalue weighted by molar-refractivity contribution is 7.81. The molecule has 6 aliphatic rings. The van der Waals surface area contributed by atoms with Crippen molar-refractivity contribution < 1.29 is 57.4 Å². The fraction of sp³-hybridized carbons (Fsp3) is 0.860. The van der Waals surface area contributed by atoms with Crippen LogP contribution in [0, 0.1) is 11.8 Å². The maximum Gasteiger partial charge on any atom is 0.418 e. The van der Waals surface area contributed by atoms with Crippen LogP contribution < -0.4 is 5.32 Å². The molecule has 4 amide bonds. The molecule has 0 radical (unpaired) electrons. The topological polar surface area (TPSA) is 267 Å². The number of nitrogens with zero attached hydrogens (tertiary/aromatic N) is 9. The molecule has 0 unspecified atom stereocenters. The molecular formula is C43H74N10O12S2. The third-order valence-corrected chi connectivity index (χ3v) is 14.8. The van der Waals surface area contributed by atoms with Crippen LogP contribution in [0.1, 0.15) is 172 Å². The molecule has 22 nitrogen and oxygen atoms in total. The summed E-state index contributed by atoms with van der Waals surface area (Å²) in [6.45, 7) is 17.6. The van der Waals surface area contributed by atoms with Gasteiger partial charge in [-0.3, -0.25) is 4.55 Å². The molecule has 4 bridgehead atoms. The Hall–Kier alpha value is -3.52. The Morgan fingerprint density at radius 1 is 0.657 bits per heavy atom. The molecule has 7 heterocycles. The number of piperidine rings is 2. The molecule has 2 aromatic heterocycles. The molecule has 5 saturated heterocycles. The molecule has 0 spiro atoms. The predicted octanol–water partition coefficient (Wildman–Crippen LogP) is 6.04. The number of hydrogen-bond donors (Lipinski definition) is 2. The third-order valence-electron chi connectivity index (χ3n) is 14.1. The SMILES string of the molecule is CCCC[N+](CCCC)(CCCC)CCCC.O=C1N2C[C@@H](CC[C@H]2c2nnc(CCC3CCC3)o2)N1OS(=O)(=O)[O-].O=C1N2C[C@@H](CC[C@H]2c2nnc(CCC3CNC3)o2)N1OS(=O)(=O)O. The normalized spacial score (nSPS) is 23.2. The average molecular weight is 987 g/mol. The molecule has 67 heavy (non-hydrogen) atoms. The largest absolute Gasteiger partial charge is 0.724 e. The molecule has 1 aliphatic carbocycles. The first-order chi connectivity index (χ1) is 32.1. The molecule has 2 aromatic rings. The van der Waals surface area contributed by atoms with Crippen molar-refractivity contribution >= 4 is 32.9 Å². The van der Waals surface area contributed by atoms with Crippen molar-refractivity contribution in [2.75, 3.05) is 52.4 Å². The number of urea groups is 2. The summed E-state index contributed by atoms with van der Waals surface area (Å²) in [4.78, 5) is 27.6. The first kappa shape index (κ1) is 52.8. The number of nitrogens with one attached hydrogen (secondary N) is 1. The van der Waals surface area contributed by atoms with Crippen LogP contribution in [0.5, 0.6) is 0 Å².